The molecular weight excluding hydrogens is 302 g/mol. The zero-order valence-electron chi connectivity index (χ0n) is 12.8. The highest BCUT2D eigenvalue weighted by Gasteiger charge is 2.09. The van der Waals surface area contributed by atoms with Crippen molar-refractivity contribution in [2.24, 2.45) is 0 Å². The summed E-state index contributed by atoms with van der Waals surface area (Å²) in [6, 6.07) is 19.8. The molecule has 118 valence electrons. The maximum absolute atomic E-state index is 11.6. The normalized spacial score (nSPS) is 11.0. The van der Waals surface area contributed by atoms with Gasteiger partial charge >= 0.3 is 0 Å². The summed E-state index contributed by atoms with van der Waals surface area (Å²) in [5.41, 5.74) is 4.04. The van der Waals surface area contributed by atoms with Gasteiger partial charge in [0.05, 0.1) is 18.3 Å². The molecule has 0 unspecified atom stereocenters. The summed E-state index contributed by atoms with van der Waals surface area (Å²) in [5.74, 6) is -0.532. The van der Waals surface area contributed by atoms with E-state index in [0.29, 0.717) is 12.1 Å². The Morgan fingerprint density at radius 2 is 1.79 bits per heavy atom. The van der Waals surface area contributed by atoms with E-state index in [4.69, 9.17) is 5.21 Å². The van der Waals surface area contributed by atoms with Gasteiger partial charge in [-0.2, -0.15) is 5.10 Å². The molecule has 3 aromatic carbocycles. The molecule has 0 aliphatic carbocycles. The van der Waals surface area contributed by atoms with Crippen LogP contribution >= 0.6 is 0 Å². The lowest BCUT2D eigenvalue weighted by Gasteiger charge is -2.07. The van der Waals surface area contributed by atoms with Gasteiger partial charge in [0.15, 0.2) is 0 Å². The molecule has 4 aromatic rings. The second-order valence-electron chi connectivity index (χ2n) is 5.70. The highest BCUT2D eigenvalue weighted by Crippen LogP contribution is 2.20. The van der Waals surface area contributed by atoms with Crippen molar-refractivity contribution in [3.63, 3.8) is 0 Å². The molecule has 0 saturated heterocycles. The molecule has 5 nitrogen and oxygen atoms in total. The van der Waals surface area contributed by atoms with E-state index in [2.05, 4.69) is 35.4 Å². The first-order valence-corrected chi connectivity index (χ1v) is 7.62. The van der Waals surface area contributed by atoms with Crippen molar-refractivity contribution >= 4 is 27.6 Å². The minimum absolute atomic E-state index is 0.394. The van der Waals surface area contributed by atoms with Gasteiger partial charge in [0.2, 0.25) is 0 Å². The van der Waals surface area contributed by atoms with Crippen molar-refractivity contribution < 1.29 is 10.0 Å². The number of fused-ring (bicyclic) bond motifs is 2. The quantitative estimate of drug-likeness (QED) is 0.450. The molecule has 0 fully saturated rings. The molecule has 1 aromatic heterocycles. The van der Waals surface area contributed by atoms with Crippen LogP contribution in [0.4, 0.5) is 0 Å². The topological polar surface area (TPSA) is 67.2 Å². The highest BCUT2D eigenvalue weighted by molar-refractivity contribution is 5.97. The van der Waals surface area contributed by atoms with Crippen LogP contribution in [-0.2, 0) is 6.54 Å². The zero-order valence-corrected chi connectivity index (χ0v) is 12.8. The number of carbonyl (C=O) groups is 1. The van der Waals surface area contributed by atoms with Gasteiger partial charge in [-0.3, -0.25) is 14.7 Å². The Hall–Kier alpha value is -3.18. The first kappa shape index (κ1) is 14.4. The van der Waals surface area contributed by atoms with Crippen molar-refractivity contribution in [3.05, 3.63) is 78.0 Å². The van der Waals surface area contributed by atoms with E-state index in [1.54, 1.807) is 23.8 Å². The molecule has 0 bridgehead atoms. The third-order valence-corrected chi connectivity index (χ3v) is 4.15. The summed E-state index contributed by atoms with van der Waals surface area (Å²) in [5, 5.41) is 16.6. The molecule has 0 atom stereocenters. The van der Waals surface area contributed by atoms with Gasteiger partial charge in [0.1, 0.15) is 0 Å². The molecule has 24 heavy (non-hydrogen) atoms. The van der Waals surface area contributed by atoms with Gasteiger partial charge < -0.3 is 0 Å². The van der Waals surface area contributed by atoms with E-state index in [0.717, 1.165) is 16.5 Å². The molecule has 0 aliphatic rings. The summed E-state index contributed by atoms with van der Waals surface area (Å²) in [6.07, 6.45) is 1.77. The van der Waals surface area contributed by atoms with E-state index in [1.165, 1.54) is 10.8 Å². The van der Waals surface area contributed by atoms with E-state index >= 15 is 0 Å². The van der Waals surface area contributed by atoms with Crippen LogP contribution in [0.3, 0.4) is 0 Å². The van der Waals surface area contributed by atoms with Crippen molar-refractivity contribution in [1.29, 1.82) is 0 Å². The van der Waals surface area contributed by atoms with Crippen LogP contribution in [-0.4, -0.2) is 20.9 Å². The van der Waals surface area contributed by atoms with Gasteiger partial charge in [-0.15, -0.1) is 0 Å². The molecule has 5 heteroatoms. The van der Waals surface area contributed by atoms with E-state index in [9.17, 15) is 4.79 Å². The molecular formula is C19H15N3O2. The second-order valence-corrected chi connectivity index (χ2v) is 5.70. The number of nitrogens with zero attached hydrogens (tertiary/aromatic N) is 2. The van der Waals surface area contributed by atoms with Crippen LogP contribution in [0, 0.1) is 0 Å². The number of carbonyl (C=O) groups excluding carboxylic acids is 1. The summed E-state index contributed by atoms with van der Waals surface area (Å²) >= 11 is 0. The van der Waals surface area contributed by atoms with E-state index in [-0.39, 0.29) is 0 Å². The van der Waals surface area contributed by atoms with Gasteiger partial charge in [-0.05, 0) is 34.5 Å². The Bertz CT molecular complexity index is 1050. The number of amides is 1. The number of benzene rings is 3. The standard InChI is InChI=1S/C19H15N3O2/c23-19(21-24)16-7-8-17-11-20-22(18(17)10-16)12-13-5-6-14-3-1-2-4-15(14)9-13/h1-11,24H,12H2,(H,21,23). The lowest BCUT2D eigenvalue weighted by atomic mass is 10.1. The van der Waals surface area contributed by atoms with E-state index < -0.39 is 5.91 Å². The van der Waals surface area contributed by atoms with Gasteiger partial charge in [0, 0.05) is 10.9 Å². The number of rotatable bonds is 3. The average molecular weight is 317 g/mol. The van der Waals surface area contributed by atoms with Crippen molar-refractivity contribution in [3.8, 4) is 0 Å². The minimum atomic E-state index is -0.532. The first-order chi connectivity index (χ1) is 11.7. The second kappa shape index (κ2) is 5.79. The maximum atomic E-state index is 11.6. The summed E-state index contributed by atoms with van der Waals surface area (Å²) in [6.45, 7) is 0.610. The Morgan fingerprint density at radius 3 is 2.62 bits per heavy atom. The van der Waals surface area contributed by atoms with E-state index in [1.807, 2.05) is 22.9 Å². The fraction of sp³-hybridized carbons (Fsp3) is 0.0526. The first-order valence-electron chi connectivity index (χ1n) is 7.62. The van der Waals surface area contributed by atoms with Crippen molar-refractivity contribution in [1.82, 2.24) is 15.3 Å². The molecule has 4 rings (SSSR count). The van der Waals surface area contributed by atoms with Gasteiger partial charge in [0.25, 0.3) is 5.91 Å². The predicted molar refractivity (Wildman–Crippen MR) is 92.0 cm³/mol. The van der Waals surface area contributed by atoms with Crippen LogP contribution in [0.15, 0.2) is 66.9 Å². The Labute approximate surface area is 138 Å². The Morgan fingerprint density at radius 1 is 1.00 bits per heavy atom. The number of aromatic nitrogens is 2. The Kier molecular flexibility index (Phi) is 3.48. The Balaban J connectivity index is 1.73. The third-order valence-electron chi connectivity index (χ3n) is 4.15. The fourth-order valence-electron chi connectivity index (χ4n) is 2.91. The summed E-state index contributed by atoms with van der Waals surface area (Å²) < 4.78 is 1.85. The molecule has 0 radical (unpaired) electrons. The van der Waals surface area contributed by atoms with Crippen LogP contribution in [0.2, 0.25) is 0 Å². The van der Waals surface area contributed by atoms with Crippen LogP contribution < -0.4 is 5.48 Å². The molecule has 2 N–H and O–H groups in total. The molecule has 1 amide bonds. The highest BCUT2D eigenvalue weighted by atomic mass is 16.5. The lowest BCUT2D eigenvalue weighted by Crippen LogP contribution is -2.18. The number of hydroxylamine groups is 1. The van der Waals surface area contributed by atoms with Crippen molar-refractivity contribution in [2.75, 3.05) is 0 Å². The summed E-state index contributed by atoms with van der Waals surface area (Å²) in [4.78, 5) is 11.6. The zero-order chi connectivity index (χ0) is 16.5. The van der Waals surface area contributed by atoms with Crippen molar-refractivity contribution in [2.45, 2.75) is 6.54 Å². The third kappa shape index (κ3) is 2.51. The molecule has 0 aliphatic heterocycles. The number of nitrogens with one attached hydrogen (secondary N) is 1. The van der Waals surface area contributed by atoms with Crippen LogP contribution in [0.25, 0.3) is 21.7 Å². The largest absolute Gasteiger partial charge is 0.288 e. The molecule has 1 heterocycles. The molecule has 0 spiro atoms. The minimum Gasteiger partial charge on any atom is -0.288 e. The lowest BCUT2D eigenvalue weighted by molar-refractivity contribution is 0.0706. The fourth-order valence-corrected chi connectivity index (χ4v) is 2.91. The monoisotopic (exact) mass is 317 g/mol. The number of hydrogen-bond donors (Lipinski definition) is 2. The predicted octanol–water partition coefficient (Wildman–Crippen LogP) is 3.36. The summed E-state index contributed by atoms with van der Waals surface area (Å²) in [7, 11) is 0. The van der Waals surface area contributed by atoms with Crippen LogP contribution in [0.5, 0.6) is 0 Å². The number of hydrogen-bond acceptors (Lipinski definition) is 3. The smallest absolute Gasteiger partial charge is 0.274 e. The van der Waals surface area contributed by atoms with Gasteiger partial charge in [-0.25, -0.2) is 5.48 Å². The maximum Gasteiger partial charge on any atom is 0.274 e. The SMILES string of the molecule is O=C(NO)c1ccc2cnn(Cc3ccc4ccccc4c3)c2c1. The molecule has 0 saturated carbocycles. The van der Waals surface area contributed by atoms with Crippen LogP contribution in [0.1, 0.15) is 15.9 Å². The van der Waals surface area contributed by atoms with Gasteiger partial charge in [-0.1, -0.05) is 42.5 Å². The average Bonchev–Trinajstić information content (AvgIpc) is 3.03.